The molecule has 1 aromatic carbocycles. The highest BCUT2D eigenvalue weighted by atomic mass is 35.5. The molecule has 2 N–H and O–H groups in total. The molecule has 0 heterocycles. The van der Waals surface area contributed by atoms with E-state index in [1.807, 2.05) is 0 Å². The maximum Gasteiger partial charge on any atom is 0.573 e. The number of amides is 1. The van der Waals surface area contributed by atoms with Crippen molar-refractivity contribution in [1.29, 1.82) is 0 Å². The third kappa shape index (κ3) is 7.51. The summed E-state index contributed by atoms with van der Waals surface area (Å²) >= 11 is 0. The van der Waals surface area contributed by atoms with Crippen molar-refractivity contribution in [3.05, 3.63) is 29.8 Å². The summed E-state index contributed by atoms with van der Waals surface area (Å²) in [4.78, 5) is 11.5. The molecule has 0 unspecified atom stereocenters. The molecule has 1 aliphatic rings. The molecule has 1 saturated carbocycles. The fourth-order valence-corrected chi connectivity index (χ4v) is 1.78. The van der Waals surface area contributed by atoms with Crippen molar-refractivity contribution in [1.82, 2.24) is 10.6 Å². The summed E-state index contributed by atoms with van der Waals surface area (Å²) in [7, 11) is 0. The molecule has 0 saturated heterocycles. The van der Waals surface area contributed by atoms with Crippen LogP contribution in [0.15, 0.2) is 24.3 Å². The van der Waals surface area contributed by atoms with Crippen LogP contribution >= 0.6 is 12.4 Å². The van der Waals surface area contributed by atoms with Gasteiger partial charge in [0.25, 0.3) is 0 Å². The molecular formula is C14H18ClF3N2O2. The summed E-state index contributed by atoms with van der Waals surface area (Å²) < 4.78 is 39.7. The molecule has 1 aromatic rings. The molecule has 1 aliphatic carbocycles. The second-order valence-corrected chi connectivity index (χ2v) is 5.04. The van der Waals surface area contributed by atoms with Crippen LogP contribution < -0.4 is 15.4 Å². The topological polar surface area (TPSA) is 50.4 Å². The van der Waals surface area contributed by atoms with Crippen molar-refractivity contribution < 1.29 is 22.7 Å². The Balaban J connectivity index is 0.00000242. The number of ether oxygens (including phenoxy) is 1. The second-order valence-electron chi connectivity index (χ2n) is 5.04. The molecule has 4 nitrogen and oxygen atoms in total. The Morgan fingerprint density at radius 2 is 1.86 bits per heavy atom. The number of carbonyl (C=O) groups excluding carboxylic acids is 1. The highest BCUT2D eigenvalue weighted by Crippen LogP contribution is 2.27. The molecular weight excluding hydrogens is 321 g/mol. The first-order chi connectivity index (χ1) is 9.92. The number of benzene rings is 1. The second kappa shape index (κ2) is 8.24. The molecule has 0 aromatic heterocycles. The Hall–Kier alpha value is -1.47. The zero-order valence-electron chi connectivity index (χ0n) is 11.8. The Bertz CT molecular complexity index is 476. The van der Waals surface area contributed by atoms with Gasteiger partial charge in [0.2, 0.25) is 5.91 Å². The summed E-state index contributed by atoms with van der Waals surface area (Å²) in [5.74, 6) is 0.300. The minimum absolute atomic E-state index is 0. The van der Waals surface area contributed by atoms with Crippen molar-refractivity contribution >= 4 is 18.3 Å². The van der Waals surface area contributed by atoms with Crippen LogP contribution in [0, 0.1) is 5.92 Å². The number of nitrogens with one attached hydrogen (secondary N) is 2. The van der Waals surface area contributed by atoms with Gasteiger partial charge >= 0.3 is 6.36 Å². The molecule has 2 rings (SSSR count). The van der Waals surface area contributed by atoms with E-state index < -0.39 is 6.36 Å². The van der Waals surface area contributed by atoms with Gasteiger partial charge in [-0.1, -0.05) is 12.1 Å². The molecule has 1 fully saturated rings. The molecule has 0 aliphatic heterocycles. The maximum absolute atomic E-state index is 12.0. The lowest BCUT2D eigenvalue weighted by molar-refractivity contribution is -0.274. The summed E-state index contributed by atoms with van der Waals surface area (Å²) in [6.45, 7) is 1.39. The molecule has 22 heavy (non-hydrogen) atoms. The van der Waals surface area contributed by atoms with Gasteiger partial charge in [0.05, 0.1) is 6.54 Å². The van der Waals surface area contributed by atoms with Gasteiger partial charge in [-0.25, -0.2) is 0 Å². The van der Waals surface area contributed by atoms with Gasteiger partial charge in [-0.3, -0.25) is 4.79 Å². The first-order valence-corrected chi connectivity index (χ1v) is 6.74. The number of rotatable bonds is 7. The van der Waals surface area contributed by atoms with Crippen LogP contribution in [0.4, 0.5) is 13.2 Å². The minimum Gasteiger partial charge on any atom is -0.406 e. The first-order valence-electron chi connectivity index (χ1n) is 6.74. The molecule has 0 spiro atoms. The summed E-state index contributed by atoms with van der Waals surface area (Å²) in [5, 5.41) is 5.76. The SMILES string of the molecule is Cl.O=C(CNCC1CC1)NCc1ccc(OC(F)(F)F)cc1. The van der Waals surface area contributed by atoms with Gasteiger partial charge in [-0.15, -0.1) is 25.6 Å². The lowest BCUT2D eigenvalue weighted by Gasteiger charge is -2.10. The van der Waals surface area contributed by atoms with E-state index in [1.165, 1.54) is 37.1 Å². The Morgan fingerprint density at radius 1 is 1.23 bits per heavy atom. The molecule has 124 valence electrons. The van der Waals surface area contributed by atoms with Crippen LogP contribution in [0.25, 0.3) is 0 Å². The first kappa shape index (κ1) is 18.6. The smallest absolute Gasteiger partial charge is 0.406 e. The molecule has 0 radical (unpaired) electrons. The third-order valence-electron chi connectivity index (χ3n) is 3.06. The van der Waals surface area contributed by atoms with Crippen LogP contribution in [-0.2, 0) is 11.3 Å². The zero-order valence-corrected chi connectivity index (χ0v) is 12.6. The van der Waals surface area contributed by atoms with Crippen LogP contribution in [-0.4, -0.2) is 25.4 Å². The average Bonchev–Trinajstić information content (AvgIpc) is 3.20. The van der Waals surface area contributed by atoms with Crippen molar-refractivity contribution in [3.63, 3.8) is 0 Å². The largest absolute Gasteiger partial charge is 0.573 e. The van der Waals surface area contributed by atoms with Crippen LogP contribution in [0.3, 0.4) is 0 Å². The zero-order chi connectivity index (χ0) is 15.3. The van der Waals surface area contributed by atoms with Gasteiger partial charge in [-0.05, 0) is 43.0 Å². The number of alkyl halides is 3. The standard InChI is InChI=1S/C14H17F3N2O2.ClH/c15-14(16,17)21-12-5-3-11(4-6-12)8-19-13(20)9-18-7-10-1-2-10;/h3-6,10,18H,1-2,7-9H2,(H,19,20);1H. The number of hydrogen-bond donors (Lipinski definition) is 2. The fraction of sp³-hybridized carbons (Fsp3) is 0.500. The van der Waals surface area contributed by atoms with E-state index in [0.29, 0.717) is 11.5 Å². The summed E-state index contributed by atoms with van der Waals surface area (Å²) in [6.07, 6.45) is -2.25. The van der Waals surface area contributed by atoms with Crippen molar-refractivity contribution in [2.75, 3.05) is 13.1 Å². The van der Waals surface area contributed by atoms with Gasteiger partial charge in [-0.2, -0.15) is 0 Å². The predicted octanol–water partition coefficient (Wildman–Crippen LogP) is 2.62. The van der Waals surface area contributed by atoms with E-state index in [4.69, 9.17) is 0 Å². The number of carbonyl (C=O) groups is 1. The molecule has 0 bridgehead atoms. The Morgan fingerprint density at radius 3 is 2.41 bits per heavy atom. The van der Waals surface area contributed by atoms with Crippen molar-refractivity contribution in [3.8, 4) is 5.75 Å². The van der Waals surface area contributed by atoms with Gasteiger partial charge < -0.3 is 15.4 Å². The van der Waals surface area contributed by atoms with E-state index in [2.05, 4.69) is 15.4 Å². The highest BCUT2D eigenvalue weighted by molar-refractivity contribution is 5.85. The fourth-order valence-electron chi connectivity index (χ4n) is 1.78. The average molecular weight is 339 g/mol. The summed E-state index contributed by atoms with van der Waals surface area (Å²) in [6, 6.07) is 5.42. The molecule has 8 heteroatoms. The normalized spacial score (nSPS) is 14.1. The van der Waals surface area contributed by atoms with E-state index in [9.17, 15) is 18.0 Å². The molecule has 0 atom stereocenters. The van der Waals surface area contributed by atoms with E-state index in [0.717, 1.165) is 6.54 Å². The quantitative estimate of drug-likeness (QED) is 0.803. The predicted molar refractivity (Wildman–Crippen MR) is 77.8 cm³/mol. The van der Waals surface area contributed by atoms with Gasteiger partial charge in [0, 0.05) is 6.54 Å². The maximum atomic E-state index is 12.0. The molecule has 1 amide bonds. The van der Waals surface area contributed by atoms with Crippen LogP contribution in [0.1, 0.15) is 18.4 Å². The third-order valence-corrected chi connectivity index (χ3v) is 3.06. The minimum atomic E-state index is -4.69. The van der Waals surface area contributed by atoms with Gasteiger partial charge in [0.15, 0.2) is 0 Å². The van der Waals surface area contributed by atoms with Crippen LogP contribution in [0.2, 0.25) is 0 Å². The lowest BCUT2D eigenvalue weighted by Crippen LogP contribution is -2.34. The van der Waals surface area contributed by atoms with E-state index in [-0.39, 0.29) is 37.2 Å². The lowest BCUT2D eigenvalue weighted by atomic mass is 10.2. The number of hydrogen-bond acceptors (Lipinski definition) is 3. The Labute approximate surface area is 132 Å². The highest BCUT2D eigenvalue weighted by Gasteiger charge is 2.30. The number of halogens is 4. The van der Waals surface area contributed by atoms with E-state index in [1.54, 1.807) is 0 Å². The van der Waals surface area contributed by atoms with Crippen molar-refractivity contribution in [2.24, 2.45) is 5.92 Å². The van der Waals surface area contributed by atoms with Crippen molar-refractivity contribution in [2.45, 2.75) is 25.7 Å². The summed E-state index contributed by atoms with van der Waals surface area (Å²) in [5.41, 5.74) is 0.708. The van der Waals surface area contributed by atoms with Crippen LogP contribution in [0.5, 0.6) is 5.75 Å². The van der Waals surface area contributed by atoms with E-state index >= 15 is 0 Å². The Kier molecular flexibility index (Phi) is 6.96. The monoisotopic (exact) mass is 338 g/mol. The van der Waals surface area contributed by atoms with Gasteiger partial charge in [0.1, 0.15) is 5.75 Å².